The maximum Gasteiger partial charge on any atom is 0.255 e. The molecule has 4 bridgehead atoms. The van der Waals surface area contributed by atoms with E-state index in [1.54, 1.807) is 5.01 Å². The normalized spacial score (nSPS) is 48.4. The topological polar surface area (TPSA) is 60.9 Å². The van der Waals surface area contributed by atoms with Crippen LogP contribution in [-0.4, -0.2) is 36.7 Å². The lowest BCUT2D eigenvalue weighted by atomic mass is 9.54. The number of carbonyl (C=O) groups is 1. The van der Waals surface area contributed by atoms with Crippen molar-refractivity contribution in [1.29, 1.82) is 0 Å². The van der Waals surface area contributed by atoms with Gasteiger partial charge in [-0.1, -0.05) is 0 Å². The van der Waals surface area contributed by atoms with Gasteiger partial charge in [-0.2, -0.15) is 0 Å². The number of nitrogens with zero attached hydrogens (tertiary/aromatic N) is 2. The summed E-state index contributed by atoms with van der Waals surface area (Å²) in [5, 5.41) is 1.61. The predicted octanol–water partition coefficient (Wildman–Crippen LogP) is 1.01. The van der Waals surface area contributed by atoms with Crippen molar-refractivity contribution in [1.82, 2.24) is 9.42 Å². The highest BCUT2D eigenvalue weighted by molar-refractivity contribution is 7.76. The summed E-state index contributed by atoms with van der Waals surface area (Å²) >= 11 is -2.04. The number of carbonyl (C=O) groups excluding carboxylic acids is 1. The Morgan fingerprint density at radius 3 is 2.06 bits per heavy atom. The van der Waals surface area contributed by atoms with Crippen molar-refractivity contribution in [3.05, 3.63) is 0 Å². The molecule has 18 heavy (non-hydrogen) atoms. The van der Waals surface area contributed by atoms with Crippen molar-refractivity contribution in [2.45, 2.75) is 38.1 Å². The molecule has 1 saturated heterocycles. The van der Waals surface area contributed by atoms with E-state index in [4.69, 9.17) is 0 Å². The van der Waals surface area contributed by atoms with Crippen LogP contribution in [0.3, 0.4) is 0 Å². The molecular formula is C12H18N2O3S. The second-order valence-corrected chi connectivity index (χ2v) is 7.28. The predicted molar refractivity (Wildman–Crippen MR) is 65.2 cm³/mol. The summed E-state index contributed by atoms with van der Waals surface area (Å²) < 4.78 is 21.8. The first-order chi connectivity index (χ1) is 8.63. The summed E-state index contributed by atoms with van der Waals surface area (Å²) in [6.45, 7) is 0.103. The molecule has 5 fully saturated rings. The molecule has 100 valence electrons. The Morgan fingerprint density at radius 1 is 1.06 bits per heavy atom. The monoisotopic (exact) mass is 270 g/mol. The van der Waals surface area contributed by atoms with E-state index in [0.717, 1.165) is 11.8 Å². The first-order valence-corrected chi connectivity index (χ1v) is 7.90. The van der Waals surface area contributed by atoms with Gasteiger partial charge in [0, 0.05) is 0 Å². The van der Waals surface area contributed by atoms with Gasteiger partial charge in [0.15, 0.2) is 0 Å². The SMILES string of the molecule is O=C1CN(S(=O)O)N1C1C2CC3CC(C2)CC1C3. The van der Waals surface area contributed by atoms with Gasteiger partial charge in [-0.05, 0) is 55.8 Å². The minimum absolute atomic E-state index is 0.0230. The maximum atomic E-state index is 11.8. The Kier molecular flexibility index (Phi) is 2.38. The van der Waals surface area contributed by atoms with Crippen LogP contribution in [0.1, 0.15) is 32.1 Å². The van der Waals surface area contributed by atoms with Crippen LogP contribution in [-0.2, 0) is 16.1 Å². The summed E-state index contributed by atoms with van der Waals surface area (Å²) in [7, 11) is 0. The van der Waals surface area contributed by atoms with E-state index in [9.17, 15) is 13.6 Å². The zero-order valence-corrected chi connectivity index (χ0v) is 11.0. The molecule has 1 heterocycles. The number of rotatable bonds is 2. The lowest BCUT2D eigenvalue weighted by Gasteiger charge is -2.59. The van der Waals surface area contributed by atoms with E-state index >= 15 is 0 Å². The van der Waals surface area contributed by atoms with Crippen molar-refractivity contribution in [3.63, 3.8) is 0 Å². The number of hydrazine groups is 1. The molecule has 0 spiro atoms. The summed E-state index contributed by atoms with van der Waals surface area (Å²) in [5.74, 6) is 2.87. The van der Waals surface area contributed by atoms with Crippen LogP contribution in [0.2, 0.25) is 0 Å². The van der Waals surface area contributed by atoms with Gasteiger partial charge in [0.25, 0.3) is 17.2 Å². The molecule has 6 heteroatoms. The Labute approximate surface area is 109 Å². The van der Waals surface area contributed by atoms with Crippen LogP contribution in [0.25, 0.3) is 0 Å². The van der Waals surface area contributed by atoms with Crippen molar-refractivity contribution >= 4 is 17.2 Å². The van der Waals surface area contributed by atoms with Gasteiger partial charge >= 0.3 is 0 Å². The van der Waals surface area contributed by atoms with Gasteiger partial charge < -0.3 is 0 Å². The largest absolute Gasteiger partial charge is 0.292 e. The summed E-state index contributed by atoms with van der Waals surface area (Å²) in [6.07, 6.45) is 6.24. The molecule has 1 N–H and O–H groups in total. The number of hydrogen-bond acceptors (Lipinski definition) is 2. The molecule has 1 amide bonds. The molecule has 4 aliphatic carbocycles. The van der Waals surface area contributed by atoms with Crippen LogP contribution in [0.5, 0.6) is 0 Å². The highest BCUT2D eigenvalue weighted by Gasteiger charge is 2.55. The Balaban J connectivity index is 1.61. The van der Waals surface area contributed by atoms with E-state index in [1.165, 1.54) is 36.5 Å². The molecule has 0 radical (unpaired) electrons. The van der Waals surface area contributed by atoms with E-state index in [-0.39, 0.29) is 18.5 Å². The molecule has 1 aliphatic heterocycles. The van der Waals surface area contributed by atoms with Gasteiger partial charge in [-0.25, -0.2) is 4.21 Å². The first kappa shape index (κ1) is 11.4. The second kappa shape index (κ2) is 3.77. The van der Waals surface area contributed by atoms with Gasteiger partial charge in [-0.3, -0.25) is 14.4 Å². The Bertz CT molecular complexity index is 400. The van der Waals surface area contributed by atoms with E-state index in [0.29, 0.717) is 11.8 Å². The first-order valence-electron chi connectivity index (χ1n) is 6.84. The third kappa shape index (κ3) is 1.45. The molecule has 0 aromatic heterocycles. The van der Waals surface area contributed by atoms with Crippen LogP contribution in [0, 0.1) is 23.7 Å². The van der Waals surface area contributed by atoms with E-state index < -0.39 is 11.3 Å². The standard InChI is InChI=1S/C12H18N2O3S/c15-11-6-13(18(16)17)14(11)12-9-2-7-1-8(4-9)5-10(12)3-7/h7-10,12H,1-6H2,(H,16,17). The molecular weight excluding hydrogens is 252 g/mol. The average Bonchev–Trinajstić information content (AvgIpc) is 2.29. The van der Waals surface area contributed by atoms with Crippen LogP contribution < -0.4 is 0 Å². The fraction of sp³-hybridized carbons (Fsp3) is 0.917. The highest BCUT2D eigenvalue weighted by atomic mass is 32.2. The number of hydrogen-bond donors (Lipinski definition) is 1. The minimum Gasteiger partial charge on any atom is -0.292 e. The van der Waals surface area contributed by atoms with Crippen molar-refractivity contribution in [3.8, 4) is 0 Å². The summed E-state index contributed by atoms with van der Waals surface area (Å²) in [4.78, 5) is 11.8. The molecule has 1 unspecified atom stereocenters. The lowest BCUT2D eigenvalue weighted by molar-refractivity contribution is -0.189. The van der Waals surface area contributed by atoms with Gasteiger partial charge in [0.1, 0.15) is 6.54 Å². The van der Waals surface area contributed by atoms with Crippen molar-refractivity contribution in [2.75, 3.05) is 6.54 Å². The zero-order chi connectivity index (χ0) is 12.4. The minimum atomic E-state index is -2.04. The fourth-order valence-electron chi connectivity index (χ4n) is 5.05. The van der Waals surface area contributed by atoms with Gasteiger partial charge in [-0.15, -0.1) is 4.41 Å². The molecule has 0 aromatic rings. The van der Waals surface area contributed by atoms with Crippen LogP contribution >= 0.6 is 0 Å². The third-order valence-electron chi connectivity index (χ3n) is 5.41. The van der Waals surface area contributed by atoms with Crippen LogP contribution in [0.4, 0.5) is 0 Å². The average molecular weight is 270 g/mol. The lowest BCUT2D eigenvalue weighted by Crippen LogP contribution is -2.70. The van der Waals surface area contributed by atoms with Crippen molar-refractivity contribution in [2.24, 2.45) is 23.7 Å². The molecule has 0 aromatic carbocycles. The van der Waals surface area contributed by atoms with Crippen LogP contribution in [0.15, 0.2) is 0 Å². The molecule has 4 saturated carbocycles. The molecule has 5 aliphatic rings. The maximum absolute atomic E-state index is 11.8. The summed E-state index contributed by atoms with van der Waals surface area (Å²) in [5.41, 5.74) is 0. The second-order valence-electron chi connectivity index (χ2n) is 6.40. The summed E-state index contributed by atoms with van der Waals surface area (Å²) in [6, 6.07) is 0.204. The Hall–Kier alpha value is -0.460. The highest BCUT2D eigenvalue weighted by Crippen LogP contribution is 2.55. The van der Waals surface area contributed by atoms with E-state index in [2.05, 4.69) is 0 Å². The zero-order valence-electron chi connectivity index (χ0n) is 10.2. The third-order valence-corrected chi connectivity index (χ3v) is 6.07. The quantitative estimate of drug-likeness (QED) is 0.762. The van der Waals surface area contributed by atoms with Gasteiger partial charge in [0.05, 0.1) is 6.04 Å². The van der Waals surface area contributed by atoms with Crippen molar-refractivity contribution < 1.29 is 13.6 Å². The molecule has 5 nitrogen and oxygen atoms in total. The number of amides is 1. The van der Waals surface area contributed by atoms with E-state index in [1.807, 2.05) is 0 Å². The fourth-order valence-corrected chi connectivity index (χ4v) is 5.62. The molecule has 1 atom stereocenters. The molecule has 5 rings (SSSR count). The Morgan fingerprint density at radius 2 is 1.61 bits per heavy atom. The smallest absolute Gasteiger partial charge is 0.255 e. The van der Waals surface area contributed by atoms with Gasteiger partial charge in [0.2, 0.25) is 0 Å².